The fourth-order valence-electron chi connectivity index (χ4n) is 2.36. The monoisotopic (exact) mass is 279 g/mol. The normalized spacial score (nSPS) is 15.0. The van der Waals surface area contributed by atoms with E-state index in [4.69, 9.17) is 0 Å². The van der Waals surface area contributed by atoms with Crippen molar-refractivity contribution in [3.63, 3.8) is 0 Å². The predicted octanol–water partition coefficient (Wildman–Crippen LogP) is 1.20. The Morgan fingerprint density at radius 3 is 2.95 bits per heavy atom. The summed E-state index contributed by atoms with van der Waals surface area (Å²) in [6.07, 6.45) is 3.30. The van der Waals surface area contributed by atoms with Crippen LogP contribution in [-0.4, -0.2) is 38.9 Å². The van der Waals surface area contributed by atoms with Crippen molar-refractivity contribution in [1.82, 2.24) is 25.3 Å². The molecule has 0 spiro atoms. The molecule has 3 aromatic rings. The van der Waals surface area contributed by atoms with Gasteiger partial charge in [0.25, 0.3) is 0 Å². The molecule has 6 heteroatoms. The molecule has 1 fully saturated rings. The lowest BCUT2D eigenvalue weighted by Crippen LogP contribution is -2.43. The maximum absolute atomic E-state index is 12.5. The summed E-state index contributed by atoms with van der Waals surface area (Å²) in [7, 11) is 0. The third-order valence-corrected chi connectivity index (χ3v) is 3.73. The standard InChI is InChI=1S/C15H13N5O/c21-15(14-9-20(19-18-14)12-7-16-8-12)11-5-10-3-1-2-4-13(10)17-6-11/h1-6,9,12,16H,7-8H2. The van der Waals surface area contributed by atoms with E-state index >= 15 is 0 Å². The van der Waals surface area contributed by atoms with Crippen LogP contribution in [0.2, 0.25) is 0 Å². The van der Waals surface area contributed by atoms with Crippen LogP contribution in [0.5, 0.6) is 0 Å². The predicted molar refractivity (Wildman–Crippen MR) is 77.1 cm³/mol. The Kier molecular flexibility index (Phi) is 2.75. The summed E-state index contributed by atoms with van der Waals surface area (Å²) < 4.78 is 1.75. The number of para-hydroxylation sites is 1. The van der Waals surface area contributed by atoms with Crippen LogP contribution in [0.1, 0.15) is 22.1 Å². The van der Waals surface area contributed by atoms with Crippen molar-refractivity contribution < 1.29 is 4.79 Å². The van der Waals surface area contributed by atoms with Crippen molar-refractivity contribution in [1.29, 1.82) is 0 Å². The molecular weight excluding hydrogens is 266 g/mol. The first-order valence-electron chi connectivity index (χ1n) is 6.83. The maximum atomic E-state index is 12.5. The highest BCUT2D eigenvalue weighted by molar-refractivity contribution is 6.08. The van der Waals surface area contributed by atoms with Gasteiger partial charge in [-0.05, 0) is 12.1 Å². The highest BCUT2D eigenvalue weighted by atomic mass is 16.1. The fraction of sp³-hybridized carbons (Fsp3) is 0.200. The summed E-state index contributed by atoms with van der Waals surface area (Å²) in [5.41, 5.74) is 1.77. The van der Waals surface area contributed by atoms with Crippen molar-refractivity contribution in [3.8, 4) is 0 Å². The average Bonchev–Trinajstić information content (AvgIpc) is 2.93. The molecule has 0 aliphatic carbocycles. The first-order valence-corrected chi connectivity index (χ1v) is 6.83. The van der Waals surface area contributed by atoms with Gasteiger partial charge < -0.3 is 5.32 Å². The number of aromatic nitrogens is 4. The van der Waals surface area contributed by atoms with Crippen molar-refractivity contribution in [2.75, 3.05) is 13.1 Å². The smallest absolute Gasteiger partial charge is 0.216 e. The number of carbonyl (C=O) groups excluding carboxylic acids is 1. The molecule has 21 heavy (non-hydrogen) atoms. The summed E-state index contributed by atoms with van der Waals surface area (Å²) in [4.78, 5) is 16.8. The zero-order valence-electron chi connectivity index (χ0n) is 11.2. The highest BCUT2D eigenvalue weighted by Crippen LogP contribution is 2.16. The lowest BCUT2D eigenvalue weighted by atomic mass is 10.1. The summed E-state index contributed by atoms with van der Waals surface area (Å²) in [6, 6.07) is 9.86. The number of fused-ring (bicyclic) bond motifs is 1. The van der Waals surface area contributed by atoms with E-state index in [0.717, 1.165) is 24.0 Å². The van der Waals surface area contributed by atoms with Crippen LogP contribution >= 0.6 is 0 Å². The van der Waals surface area contributed by atoms with Crippen LogP contribution in [0.4, 0.5) is 0 Å². The molecule has 0 bridgehead atoms. The topological polar surface area (TPSA) is 72.7 Å². The second-order valence-electron chi connectivity index (χ2n) is 5.14. The molecule has 3 heterocycles. The van der Waals surface area contributed by atoms with Crippen LogP contribution in [0, 0.1) is 0 Å². The van der Waals surface area contributed by atoms with Gasteiger partial charge >= 0.3 is 0 Å². The lowest BCUT2D eigenvalue weighted by molar-refractivity contribution is 0.103. The highest BCUT2D eigenvalue weighted by Gasteiger charge is 2.22. The van der Waals surface area contributed by atoms with Crippen molar-refractivity contribution in [2.24, 2.45) is 0 Å². The average molecular weight is 279 g/mol. The molecule has 4 rings (SSSR count). The molecule has 0 amide bonds. The van der Waals surface area contributed by atoms with Gasteiger partial charge in [0.05, 0.1) is 17.8 Å². The zero-order valence-corrected chi connectivity index (χ0v) is 11.2. The summed E-state index contributed by atoms with van der Waals surface area (Å²) in [6.45, 7) is 1.74. The van der Waals surface area contributed by atoms with E-state index < -0.39 is 0 Å². The number of hydrogen-bond acceptors (Lipinski definition) is 5. The van der Waals surface area contributed by atoms with Gasteiger partial charge in [-0.25, -0.2) is 4.68 Å². The van der Waals surface area contributed by atoms with Gasteiger partial charge in [-0.1, -0.05) is 23.4 Å². The molecule has 0 radical (unpaired) electrons. The summed E-state index contributed by atoms with van der Waals surface area (Å²) in [5, 5.41) is 12.1. The largest absolute Gasteiger partial charge is 0.312 e. The second-order valence-corrected chi connectivity index (χ2v) is 5.14. The summed E-state index contributed by atoms with van der Waals surface area (Å²) in [5.74, 6) is -0.146. The van der Waals surface area contributed by atoms with E-state index in [1.54, 1.807) is 17.1 Å². The van der Waals surface area contributed by atoms with Gasteiger partial charge in [-0.3, -0.25) is 9.78 Å². The molecule has 1 N–H and O–H groups in total. The minimum atomic E-state index is -0.146. The first-order chi connectivity index (χ1) is 10.3. The number of benzene rings is 1. The number of ketones is 1. The maximum Gasteiger partial charge on any atom is 0.216 e. The molecule has 2 aromatic heterocycles. The molecule has 6 nitrogen and oxygen atoms in total. The Labute approximate surface area is 120 Å². The van der Waals surface area contributed by atoms with Crippen molar-refractivity contribution in [3.05, 3.63) is 54.0 Å². The lowest BCUT2D eigenvalue weighted by Gasteiger charge is -2.26. The molecule has 1 aliphatic heterocycles. The van der Waals surface area contributed by atoms with E-state index in [2.05, 4.69) is 20.6 Å². The van der Waals surface area contributed by atoms with Gasteiger partial charge in [-0.15, -0.1) is 5.10 Å². The van der Waals surface area contributed by atoms with Crippen LogP contribution in [0.3, 0.4) is 0 Å². The summed E-state index contributed by atoms with van der Waals surface area (Å²) >= 11 is 0. The molecule has 0 saturated carbocycles. The quantitative estimate of drug-likeness (QED) is 0.729. The molecule has 104 valence electrons. The number of rotatable bonds is 3. The van der Waals surface area contributed by atoms with E-state index in [0.29, 0.717) is 17.3 Å². The van der Waals surface area contributed by atoms with Crippen LogP contribution in [0.25, 0.3) is 10.9 Å². The number of nitrogens with one attached hydrogen (secondary N) is 1. The van der Waals surface area contributed by atoms with Gasteiger partial charge in [0.15, 0.2) is 5.69 Å². The Balaban J connectivity index is 1.67. The van der Waals surface area contributed by atoms with Crippen LogP contribution in [-0.2, 0) is 0 Å². The molecule has 1 saturated heterocycles. The molecule has 0 atom stereocenters. The minimum Gasteiger partial charge on any atom is -0.312 e. The van der Waals surface area contributed by atoms with Gasteiger partial charge in [0.2, 0.25) is 5.78 Å². The van der Waals surface area contributed by atoms with E-state index in [9.17, 15) is 4.79 Å². The van der Waals surface area contributed by atoms with Crippen molar-refractivity contribution in [2.45, 2.75) is 6.04 Å². The van der Waals surface area contributed by atoms with E-state index in [1.807, 2.05) is 30.3 Å². The molecule has 1 aliphatic rings. The fourth-order valence-corrected chi connectivity index (χ4v) is 2.36. The number of carbonyl (C=O) groups is 1. The zero-order chi connectivity index (χ0) is 14.2. The Bertz CT molecular complexity index is 822. The Hall–Kier alpha value is -2.60. The Morgan fingerprint density at radius 1 is 1.29 bits per heavy atom. The Morgan fingerprint density at radius 2 is 2.14 bits per heavy atom. The molecule has 0 unspecified atom stereocenters. The minimum absolute atomic E-state index is 0.146. The van der Waals surface area contributed by atoms with Crippen molar-refractivity contribution >= 4 is 16.7 Å². The second kappa shape index (κ2) is 4.75. The number of nitrogens with zero attached hydrogens (tertiary/aromatic N) is 4. The van der Waals surface area contributed by atoms with Gasteiger partial charge in [-0.2, -0.15) is 0 Å². The SMILES string of the molecule is O=C(c1cnc2ccccc2c1)c1cn(C2CNC2)nn1. The third kappa shape index (κ3) is 2.09. The van der Waals surface area contributed by atoms with Crippen LogP contribution < -0.4 is 5.32 Å². The molecular formula is C15H13N5O. The number of hydrogen-bond donors (Lipinski definition) is 1. The number of pyridine rings is 1. The van der Waals surface area contributed by atoms with Crippen LogP contribution in [0.15, 0.2) is 42.7 Å². The van der Waals surface area contributed by atoms with Gasteiger partial charge in [0, 0.05) is 30.2 Å². The third-order valence-electron chi connectivity index (χ3n) is 3.73. The molecule has 1 aromatic carbocycles. The van der Waals surface area contributed by atoms with Gasteiger partial charge in [0.1, 0.15) is 0 Å². The van der Waals surface area contributed by atoms with E-state index in [-0.39, 0.29) is 5.78 Å². The van der Waals surface area contributed by atoms with E-state index in [1.165, 1.54) is 0 Å². The first kappa shape index (κ1) is 12.2.